The van der Waals surface area contributed by atoms with Gasteiger partial charge in [0.15, 0.2) is 5.96 Å². The van der Waals surface area contributed by atoms with Crippen molar-refractivity contribution in [2.24, 2.45) is 4.99 Å². The largest absolute Gasteiger partial charge is 0.387 e. The third kappa shape index (κ3) is 7.86. The molecule has 30 heavy (non-hydrogen) atoms. The van der Waals surface area contributed by atoms with Crippen molar-refractivity contribution in [3.63, 3.8) is 0 Å². The molecule has 0 radical (unpaired) electrons. The number of hydrogen-bond acceptors (Lipinski definition) is 5. The van der Waals surface area contributed by atoms with Gasteiger partial charge in [0.1, 0.15) is 0 Å². The number of β-amino-alcohol motifs (C(OH)–C–C–N with tert-alkyl or cyclic N) is 1. The Bertz CT molecular complexity index is 775. The summed E-state index contributed by atoms with van der Waals surface area (Å²) in [6, 6.07) is 12.0. The van der Waals surface area contributed by atoms with Crippen molar-refractivity contribution in [2.75, 3.05) is 45.9 Å². The average Bonchev–Trinajstić information content (AvgIpc) is 3.20. The number of rotatable bonds is 8. The summed E-state index contributed by atoms with van der Waals surface area (Å²) in [5, 5.41) is 21.8. The van der Waals surface area contributed by atoms with E-state index in [1.54, 1.807) is 0 Å². The third-order valence-corrected chi connectivity index (χ3v) is 4.71. The number of guanidine groups is 1. The molecular weight excluding hydrogens is 495 g/mol. The fourth-order valence-electron chi connectivity index (χ4n) is 3.24. The van der Waals surface area contributed by atoms with Crippen LogP contribution in [0.2, 0.25) is 0 Å². The lowest BCUT2D eigenvalue weighted by Crippen LogP contribution is -2.52. The van der Waals surface area contributed by atoms with Gasteiger partial charge in [0, 0.05) is 38.9 Å². The van der Waals surface area contributed by atoms with Gasteiger partial charge in [0.05, 0.1) is 36.7 Å². The highest BCUT2D eigenvalue weighted by Crippen LogP contribution is 2.09. The summed E-state index contributed by atoms with van der Waals surface area (Å²) < 4.78 is 7.22. The maximum absolute atomic E-state index is 10.8. The fraction of sp³-hybridized carbons (Fsp3) is 0.524. The van der Waals surface area contributed by atoms with E-state index in [0.717, 1.165) is 44.2 Å². The summed E-state index contributed by atoms with van der Waals surface area (Å²) in [6.45, 7) is 9.25. The highest BCUT2D eigenvalue weighted by Gasteiger charge is 2.25. The van der Waals surface area contributed by atoms with E-state index in [-0.39, 0.29) is 24.0 Å². The number of benzene rings is 1. The zero-order valence-electron chi connectivity index (χ0n) is 17.8. The Hall–Kier alpha value is -1.69. The highest BCUT2D eigenvalue weighted by atomic mass is 127. The van der Waals surface area contributed by atoms with Gasteiger partial charge in [-0.15, -0.1) is 24.0 Å². The number of nitrogens with one attached hydrogen (secondary N) is 2. The van der Waals surface area contributed by atoms with Gasteiger partial charge in [0.2, 0.25) is 0 Å². The van der Waals surface area contributed by atoms with Crippen molar-refractivity contribution in [1.82, 2.24) is 25.3 Å². The number of nitrogens with zero attached hydrogens (tertiary/aromatic N) is 4. The van der Waals surface area contributed by atoms with Gasteiger partial charge in [0.25, 0.3) is 0 Å². The topological polar surface area (TPSA) is 86.9 Å². The third-order valence-electron chi connectivity index (χ3n) is 4.71. The Morgan fingerprint density at radius 2 is 1.93 bits per heavy atom. The number of para-hydroxylation sites is 1. The molecule has 1 aliphatic rings. The van der Waals surface area contributed by atoms with E-state index in [0.29, 0.717) is 25.6 Å². The van der Waals surface area contributed by atoms with Crippen LogP contribution >= 0.6 is 24.0 Å². The smallest absolute Gasteiger partial charge is 0.191 e. The summed E-state index contributed by atoms with van der Waals surface area (Å²) in [6.07, 6.45) is 1.94. The second-order valence-electron chi connectivity index (χ2n) is 7.52. The van der Waals surface area contributed by atoms with Gasteiger partial charge in [-0.25, -0.2) is 9.67 Å². The molecule has 0 bridgehead atoms. The normalized spacial score (nSPS) is 17.1. The first-order valence-corrected chi connectivity index (χ1v) is 10.2. The first-order chi connectivity index (χ1) is 14.1. The Morgan fingerprint density at radius 3 is 2.63 bits per heavy atom. The van der Waals surface area contributed by atoms with Crippen molar-refractivity contribution in [3.05, 3.63) is 48.3 Å². The Balaban J connectivity index is 0.00000320. The Morgan fingerprint density at radius 1 is 1.20 bits per heavy atom. The summed E-state index contributed by atoms with van der Waals surface area (Å²) in [4.78, 5) is 6.84. The first-order valence-electron chi connectivity index (χ1n) is 10.2. The highest BCUT2D eigenvalue weighted by molar-refractivity contribution is 14.0. The quantitative estimate of drug-likeness (QED) is 0.275. The molecule has 166 valence electrons. The molecule has 1 aromatic carbocycles. The van der Waals surface area contributed by atoms with Crippen LogP contribution in [0.1, 0.15) is 19.5 Å². The molecule has 3 rings (SSSR count). The molecule has 3 N–H and O–H groups in total. The molecule has 9 heteroatoms. The second-order valence-corrected chi connectivity index (χ2v) is 7.52. The van der Waals surface area contributed by atoms with Crippen LogP contribution in [-0.4, -0.2) is 77.3 Å². The van der Waals surface area contributed by atoms with Crippen LogP contribution in [0.3, 0.4) is 0 Å². The summed E-state index contributed by atoms with van der Waals surface area (Å²) >= 11 is 0. The molecule has 1 fully saturated rings. The number of aliphatic hydroxyl groups is 1. The van der Waals surface area contributed by atoms with Crippen LogP contribution in [-0.2, 0) is 11.3 Å². The predicted octanol–water partition coefficient (Wildman–Crippen LogP) is 1.63. The van der Waals surface area contributed by atoms with E-state index in [4.69, 9.17) is 4.74 Å². The molecule has 2 aromatic rings. The van der Waals surface area contributed by atoms with Gasteiger partial charge in [-0.05, 0) is 32.0 Å². The average molecular weight is 528 g/mol. The summed E-state index contributed by atoms with van der Waals surface area (Å²) in [5.41, 5.74) is 1.04. The van der Waals surface area contributed by atoms with Crippen molar-refractivity contribution in [1.29, 1.82) is 0 Å². The van der Waals surface area contributed by atoms with Gasteiger partial charge >= 0.3 is 0 Å². The molecule has 1 atom stereocenters. The van der Waals surface area contributed by atoms with Crippen LogP contribution < -0.4 is 10.6 Å². The molecule has 1 aromatic heterocycles. The zero-order chi connectivity index (χ0) is 20.5. The van der Waals surface area contributed by atoms with Crippen LogP contribution in [0.5, 0.6) is 0 Å². The minimum atomic E-state index is -0.859. The Labute approximate surface area is 195 Å². The summed E-state index contributed by atoms with van der Waals surface area (Å²) in [5.74, 6) is 0.670. The second kappa shape index (κ2) is 12.2. The van der Waals surface area contributed by atoms with E-state index >= 15 is 0 Å². The van der Waals surface area contributed by atoms with Gasteiger partial charge in [-0.3, -0.25) is 4.90 Å². The minimum Gasteiger partial charge on any atom is -0.387 e. The zero-order valence-corrected chi connectivity index (χ0v) is 20.1. The van der Waals surface area contributed by atoms with Crippen LogP contribution in [0.15, 0.2) is 47.6 Å². The lowest BCUT2D eigenvalue weighted by molar-refractivity contribution is -0.0201. The van der Waals surface area contributed by atoms with E-state index in [1.807, 2.05) is 61.1 Å². The molecule has 2 heterocycles. The number of hydrogen-bond donors (Lipinski definition) is 3. The maximum Gasteiger partial charge on any atom is 0.191 e. The van der Waals surface area contributed by atoms with Crippen molar-refractivity contribution in [2.45, 2.75) is 26.0 Å². The van der Waals surface area contributed by atoms with Gasteiger partial charge in [-0.2, -0.15) is 5.10 Å². The van der Waals surface area contributed by atoms with Crippen LogP contribution in [0.4, 0.5) is 0 Å². The van der Waals surface area contributed by atoms with Crippen molar-refractivity contribution >= 4 is 29.9 Å². The lowest BCUT2D eigenvalue weighted by atomic mass is 10.1. The minimum absolute atomic E-state index is 0. The molecule has 8 nitrogen and oxygen atoms in total. The SMILES string of the molecule is CCNC(=NCc1ccn(-c2ccccc2)n1)NCC(C)(O)CN1CCOCC1.I. The Kier molecular flexibility index (Phi) is 10.0. The van der Waals surface area contributed by atoms with Crippen LogP contribution in [0.25, 0.3) is 5.69 Å². The number of morpholine rings is 1. The summed E-state index contributed by atoms with van der Waals surface area (Å²) in [7, 11) is 0. The number of halogens is 1. The molecule has 0 amide bonds. The molecule has 1 unspecified atom stereocenters. The predicted molar refractivity (Wildman–Crippen MR) is 130 cm³/mol. The molecule has 1 saturated heterocycles. The van der Waals surface area contributed by atoms with E-state index in [9.17, 15) is 5.11 Å². The maximum atomic E-state index is 10.8. The molecule has 0 aliphatic carbocycles. The van der Waals surface area contributed by atoms with Crippen molar-refractivity contribution in [3.8, 4) is 5.69 Å². The molecular formula is C21H33IN6O2. The molecule has 0 spiro atoms. The number of ether oxygens (including phenoxy) is 1. The van der Waals surface area contributed by atoms with E-state index < -0.39 is 5.60 Å². The van der Waals surface area contributed by atoms with Gasteiger partial charge < -0.3 is 20.5 Å². The van der Waals surface area contributed by atoms with Crippen LogP contribution in [0, 0.1) is 0 Å². The van der Waals surface area contributed by atoms with E-state index in [2.05, 4.69) is 25.6 Å². The first kappa shape index (κ1) is 24.6. The van der Waals surface area contributed by atoms with E-state index in [1.165, 1.54) is 0 Å². The number of aliphatic imine (C=N–C) groups is 1. The van der Waals surface area contributed by atoms with Gasteiger partial charge in [-0.1, -0.05) is 18.2 Å². The molecule has 0 saturated carbocycles. The standard InChI is InChI=1S/C21H32N6O2.HI/c1-3-22-20(24-16-21(2,28)17-26-11-13-29-14-12-26)23-15-18-9-10-27(25-18)19-7-5-4-6-8-19;/h4-10,28H,3,11-17H2,1-2H3,(H2,22,23,24);1H. The lowest BCUT2D eigenvalue weighted by Gasteiger charge is -2.34. The monoisotopic (exact) mass is 528 g/mol. The number of aromatic nitrogens is 2. The van der Waals surface area contributed by atoms with Crippen molar-refractivity contribution < 1.29 is 9.84 Å². The fourth-order valence-corrected chi connectivity index (χ4v) is 3.24. The molecule has 1 aliphatic heterocycles.